The number of rotatable bonds is 8. The van der Waals surface area contributed by atoms with Crippen LogP contribution < -0.4 is 10.7 Å². The maximum absolute atomic E-state index is 12.9. The minimum atomic E-state index is -4.42. The van der Waals surface area contributed by atoms with Gasteiger partial charge in [0.05, 0.1) is 6.42 Å². The zero-order chi connectivity index (χ0) is 19.9. The van der Waals surface area contributed by atoms with Crippen molar-refractivity contribution in [3.05, 3.63) is 11.8 Å². The number of hydrazine groups is 1. The Labute approximate surface area is 155 Å². The molecule has 0 radical (unpaired) electrons. The Morgan fingerprint density at radius 1 is 1.23 bits per heavy atom. The van der Waals surface area contributed by atoms with Crippen molar-refractivity contribution in [3.8, 4) is 0 Å². The van der Waals surface area contributed by atoms with Crippen molar-refractivity contribution in [2.45, 2.75) is 71.5 Å². The van der Waals surface area contributed by atoms with E-state index in [2.05, 4.69) is 31.5 Å². The van der Waals surface area contributed by atoms with Gasteiger partial charge in [-0.15, -0.1) is 0 Å². The van der Waals surface area contributed by atoms with E-state index in [-0.39, 0.29) is 11.6 Å². The van der Waals surface area contributed by atoms with E-state index >= 15 is 0 Å². The number of carbonyl (C=O) groups is 1. The molecule has 1 rings (SSSR count). The highest BCUT2D eigenvalue weighted by atomic mass is 19.4. The lowest BCUT2D eigenvalue weighted by atomic mass is 9.74. The Kier molecular flexibility index (Phi) is 8.93. The fourth-order valence-corrected chi connectivity index (χ4v) is 3.90. The highest BCUT2D eigenvalue weighted by Crippen LogP contribution is 2.34. The summed E-state index contributed by atoms with van der Waals surface area (Å²) in [6.07, 6.45) is 0.604. The number of alkyl halides is 3. The molecule has 1 aliphatic rings. The molecule has 7 heteroatoms. The fraction of sp³-hybridized carbons (Fsp3) is 0.842. The quantitative estimate of drug-likeness (QED) is 0.491. The predicted octanol–water partition coefficient (Wildman–Crippen LogP) is 4.25. The van der Waals surface area contributed by atoms with Crippen molar-refractivity contribution < 1.29 is 18.0 Å². The van der Waals surface area contributed by atoms with Gasteiger partial charge >= 0.3 is 6.18 Å². The number of nitrogens with one attached hydrogen (secondary N) is 2. The summed E-state index contributed by atoms with van der Waals surface area (Å²) in [6.45, 7) is 6.53. The van der Waals surface area contributed by atoms with Crippen molar-refractivity contribution in [3.63, 3.8) is 0 Å². The normalized spacial score (nSPS) is 23.0. The first-order chi connectivity index (χ1) is 12.0. The smallest absolute Gasteiger partial charge is 0.349 e. The van der Waals surface area contributed by atoms with Gasteiger partial charge in [0.25, 0.3) is 0 Å². The van der Waals surface area contributed by atoms with Gasteiger partial charge < -0.3 is 10.3 Å². The SMILES string of the molecule is CNN(C)/C=C(\CC(F)(F)F)C(=O)NC1CCCCC1C(C)CC(C)C. The zero-order valence-electron chi connectivity index (χ0n) is 16.6. The molecule has 0 aromatic heterocycles. The molecule has 0 aliphatic heterocycles. The monoisotopic (exact) mass is 377 g/mol. The standard InChI is InChI=1S/C19H34F3N3O/c1-13(2)10-14(3)16-8-6-7-9-17(16)24-18(26)15(11-19(20,21)22)12-25(5)23-4/h12-14,16-17,23H,6-11H2,1-5H3,(H,24,26)/b15-12+. The maximum Gasteiger partial charge on any atom is 0.393 e. The van der Waals surface area contributed by atoms with Crippen LogP contribution in [0.25, 0.3) is 0 Å². The van der Waals surface area contributed by atoms with Gasteiger partial charge in [0.15, 0.2) is 0 Å². The van der Waals surface area contributed by atoms with Crippen LogP contribution in [0.15, 0.2) is 11.8 Å². The highest BCUT2D eigenvalue weighted by molar-refractivity contribution is 5.93. The molecule has 4 nitrogen and oxygen atoms in total. The van der Waals surface area contributed by atoms with Crippen LogP contribution in [0.5, 0.6) is 0 Å². The van der Waals surface area contributed by atoms with E-state index in [4.69, 9.17) is 0 Å². The molecule has 2 N–H and O–H groups in total. The first-order valence-electron chi connectivity index (χ1n) is 9.52. The number of amides is 1. The van der Waals surface area contributed by atoms with Crippen LogP contribution in [-0.4, -0.2) is 37.2 Å². The van der Waals surface area contributed by atoms with Crippen molar-refractivity contribution in [2.24, 2.45) is 17.8 Å². The Morgan fingerprint density at radius 2 is 1.85 bits per heavy atom. The van der Waals surface area contributed by atoms with Gasteiger partial charge in [0.1, 0.15) is 0 Å². The number of nitrogens with zero attached hydrogens (tertiary/aromatic N) is 1. The molecule has 1 amide bonds. The van der Waals surface area contributed by atoms with E-state index in [1.54, 1.807) is 14.1 Å². The number of carbonyl (C=O) groups excluding carboxylic acids is 1. The summed E-state index contributed by atoms with van der Waals surface area (Å²) >= 11 is 0. The summed E-state index contributed by atoms with van der Waals surface area (Å²) in [4.78, 5) is 12.6. The number of halogens is 3. The van der Waals surface area contributed by atoms with Gasteiger partial charge in [0, 0.05) is 31.9 Å². The van der Waals surface area contributed by atoms with Crippen LogP contribution in [0.3, 0.4) is 0 Å². The molecule has 0 bridgehead atoms. The van der Waals surface area contributed by atoms with Crippen LogP contribution in [-0.2, 0) is 4.79 Å². The Morgan fingerprint density at radius 3 is 2.38 bits per heavy atom. The second-order valence-electron chi connectivity index (χ2n) is 7.92. The lowest BCUT2D eigenvalue weighted by Crippen LogP contribution is -2.45. The lowest BCUT2D eigenvalue weighted by molar-refractivity contribution is -0.135. The average molecular weight is 377 g/mol. The van der Waals surface area contributed by atoms with E-state index in [0.717, 1.165) is 32.1 Å². The number of hydrogen-bond donors (Lipinski definition) is 2. The summed E-state index contributed by atoms with van der Waals surface area (Å²) in [5.41, 5.74) is 2.43. The molecular formula is C19H34F3N3O. The molecule has 0 saturated heterocycles. The Bertz CT molecular complexity index is 477. The van der Waals surface area contributed by atoms with Crippen LogP contribution in [0, 0.1) is 17.8 Å². The van der Waals surface area contributed by atoms with E-state index < -0.39 is 18.5 Å². The van der Waals surface area contributed by atoms with E-state index in [9.17, 15) is 18.0 Å². The summed E-state index contributed by atoms with van der Waals surface area (Å²) < 4.78 is 38.7. The molecule has 1 fully saturated rings. The molecule has 0 aromatic rings. The van der Waals surface area contributed by atoms with Gasteiger partial charge in [-0.3, -0.25) is 4.79 Å². The molecule has 0 heterocycles. The molecular weight excluding hydrogens is 343 g/mol. The van der Waals surface area contributed by atoms with Gasteiger partial charge in [-0.05, 0) is 37.0 Å². The van der Waals surface area contributed by atoms with Crippen LogP contribution in [0.1, 0.15) is 59.3 Å². The highest BCUT2D eigenvalue weighted by Gasteiger charge is 2.35. The first-order valence-corrected chi connectivity index (χ1v) is 9.52. The molecule has 0 spiro atoms. The molecule has 152 valence electrons. The largest absolute Gasteiger partial charge is 0.393 e. The fourth-order valence-electron chi connectivity index (χ4n) is 3.90. The predicted molar refractivity (Wildman–Crippen MR) is 98.1 cm³/mol. The number of hydrogen-bond acceptors (Lipinski definition) is 3. The molecule has 1 aliphatic carbocycles. The lowest BCUT2D eigenvalue weighted by Gasteiger charge is -2.37. The van der Waals surface area contributed by atoms with E-state index in [1.807, 2.05) is 0 Å². The van der Waals surface area contributed by atoms with Gasteiger partial charge in [0.2, 0.25) is 5.91 Å². The van der Waals surface area contributed by atoms with Gasteiger partial charge in [-0.1, -0.05) is 33.6 Å². The molecule has 1 saturated carbocycles. The minimum Gasteiger partial charge on any atom is -0.349 e. The van der Waals surface area contributed by atoms with Crippen molar-refractivity contribution in [1.29, 1.82) is 0 Å². The second-order valence-corrected chi connectivity index (χ2v) is 7.92. The van der Waals surface area contributed by atoms with Crippen molar-refractivity contribution in [1.82, 2.24) is 15.8 Å². The van der Waals surface area contributed by atoms with Crippen molar-refractivity contribution >= 4 is 5.91 Å². The van der Waals surface area contributed by atoms with Crippen LogP contribution in [0.4, 0.5) is 13.2 Å². The summed E-state index contributed by atoms with van der Waals surface area (Å²) in [6, 6.07) is -0.0541. The first kappa shape index (κ1) is 22.8. The Hall–Kier alpha value is -1.24. The summed E-state index contributed by atoms with van der Waals surface area (Å²) in [7, 11) is 3.15. The van der Waals surface area contributed by atoms with Gasteiger partial charge in [-0.25, -0.2) is 5.43 Å². The van der Waals surface area contributed by atoms with Gasteiger partial charge in [-0.2, -0.15) is 13.2 Å². The average Bonchev–Trinajstić information content (AvgIpc) is 2.52. The molecule has 3 unspecified atom stereocenters. The van der Waals surface area contributed by atoms with Crippen molar-refractivity contribution in [2.75, 3.05) is 14.1 Å². The third-order valence-corrected chi connectivity index (χ3v) is 5.09. The molecule has 26 heavy (non-hydrogen) atoms. The third kappa shape index (κ3) is 7.98. The zero-order valence-corrected chi connectivity index (χ0v) is 16.6. The van der Waals surface area contributed by atoms with E-state index in [1.165, 1.54) is 11.2 Å². The maximum atomic E-state index is 12.9. The van der Waals surface area contributed by atoms with Crippen LogP contribution in [0.2, 0.25) is 0 Å². The summed E-state index contributed by atoms with van der Waals surface area (Å²) in [5, 5.41) is 4.28. The van der Waals surface area contributed by atoms with Crippen LogP contribution >= 0.6 is 0 Å². The summed E-state index contributed by atoms with van der Waals surface area (Å²) in [5.74, 6) is 0.714. The molecule has 3 atom stereocenters. The minimum absolute atomic E-state index is 0.0541. The van der Waals surface area contributed by atoms with E-state index in [0.29, 0.717) is 17.8 Å². The topological polar surface area (TPSA) is 44.4 Å². The molecule has 0 aromatic carbocycles. The second kappa shape index (κ2) is 10.2. The Balaban J connectivity index is 2.88. The third-order valence-electron chi connectivity index (χ3n) is 5.09.